The molecule has 1 N–H and O–H groups in total. The number of hydrazone groups is 1. The molecule has 0 atom stereocenters. The Bertz CT molecular complexity index is 825. The number of halogens is 2. The Morgan fingerprint density at radius 1 is 1.08 bits per heavy atom. The van der Waals surface area contributed by atoms with Crippen LogP contribution in [0.2, 0.25) is 0 Å². The third-order valence-corrected chi connectivity index (χ3v) is 4.51. The molecule has 0 aliphatic heterocycles. The summed E-state index contributed by atoms with van der Waals surface area (Å²) < 4.78 is 17.6. The van der Waals surface area contributed by atoms with Crippen molar-refractivity contribution in [3.8, 4) is 17.2 Å². The largest absolute Gasteiger partial charge is 0.497 e. The van der Waals surface area contributed by atoms with Gasteiger partial charge in [0, 0.05) is 16.1 Å². The van der Waals surface area contributed by atoms with E-state index in [9.17, 15) is 4.79 Å². The third-order valence-electron chi connectivity index (χ3n) is 3.40. The molecule has 0 heterocycles. The van der Waals surface area contributed by atoms with Gasteiger partial charge in [0.2, 0.25) is 0 Å². The van der Waals surface area contributed by atoms with Gasteiger partial charge < -0.3 is 14.2 Å². The summed E-state index contributed by atoms with van der Waals surface area (Å²) in [5.41, 5.74) is 3.83. The van der Waals surface area contributed by atoms with E-state index >= 15 is 0 Å². The molecule has 2 aromatic rings. The average molecular weight is 486 g/mol. The third kappa shape index (κ3) is 5.47. The van der Waals surface area contributed by atoms with E-state index < -0.39 is 0 Å². The van der Waals surface area contributed by atoms with Gasteiger partial charge in [-0.25, -0.2) is 5.43 Å². The standard InChI is InChI=1S/C18H18Br2N2O4/c1-11(14-6-5-13(24-2)9-17(14)25-3)21-22-18(23)10-26-16-7-4-12(19)8-15(16)20/h4-9H,10H2,1-3H3,(H,22,23). The average Bonchev–Trinajstić information content (AvgIpc) is 2.64. The predicted octanol–water partition coefficient (Wildman–Crippen LogP) is 4.15. The lowest BCUT2D eigenvalue weighted by Gasteiger charge is -2.10. The summed E-state index contributed by atoms with van der Waals surface area (Å²) in [4.78, 5) is 12.0. The van der Waals surface area contributed by atoms with Crippen molar-refractivity contribution in [3.05, 3.63) is 50.9 Å². The number of carbonyl (C=O) groups is 1. The summed E-state index contributed by atoms with van der Waals surface area (Å²) in [5, 5.41) is 4.10. The zero-order valence-corrected chi connectivity index (χ0v) is 17.7. The molecule has 8 heteroatoms. The van der Waals surface area contributed by atoms with Crippen molar-refractivity contribution in [2.24, 2.45) is 5.10 Å². The number of nitrogens with zero attached hydrogens (tertiary/aromatic N) is 1. The van der Waals surface area contributed by atoms with E-state index in [2.05, 4.69) is 42.4 Å². The summed E-state index contributed by atoms with van der Waals surface area (Å²) in [6.07, 6.45) is 0. The highest BCUT2D eigenvalue weighted by Gasteiger charge is 2.10. The first-order valence-electron chi connectivity index (χ1n) is 7.58. The maximum atomic E-state index is 12.0. The van der Waals surface area contributed by atoms with Crippen molar-refractivity contribution < 1.29 is 19.0 Å². The number of benzene rings is 2. The van der Waals surface area contributed by atoms with Gasteiger partial charge in [-0.05, 0) is 53.2 Å². The molecule has 0 saturated carbocycles. The second kappa shape index (κ2) is 9.59. The first kappa shape index (κ1) is 20.3. The van der Waals surface area contributed by atoms with E-state index in [0.717, 1.165) is 14.5 Å². The molecule has 0 radical (unpaired) electrons. The molecular weight excluding hydrogens is 468 g/mol. The second-order valence-corrected chi connectivity index (χ2v) is 6.93. The highest BCUT2D eigenvalue weighted by atomic mass is 79.9. The van der Waals surface area contributed by atoms with Gasteiger partial charge in [0.05, 0.1) is 24.4 Å². The number of amides is 1. The van der Waals surface area contributed by atoms with Crippen LogP contribution in [0.3, 0.4) is 0 Å². The Balaban J connectivity index is 1.98. The van der Waals surface area contributed by atoms with E-state index in [0.29, 0.717) is 23.0 Å². The zero-order chi connectivity index (χ0) is 19.1. The molecule has 0 unspecified atom stereocenters. The van der Waals surface area contributed by atoms with Crippen molar-refractivity contribution >= 4 is 43.5 Å². The minimum absolute atomic E-state index is 0.156. The van der Waals surface area contributed by atoms with E-state index in [-0.39, 0.29) is 12.5 Å². The molecule has 0 saturated heterocycles. The molecule has 0 spiro atoms. The fraction of sp³-hybridized carbons (Fsp3) is 0.222. The minimum Gasteiger partial charge on any atom is -0.497 e. The maximum absolute atomic E-state index is 12.0. The van der Waals surface area contributed by atoms with Gasteiger partial charge in [0.1, 0.15) is 17.2 Å². The number of hydrogen-bond donors (Lipinski definition) is 1. The molecule has 2 rings (SSSR count). The van der Waals surface area contributed by atoms with Gasteiger partial charge in [0.15, 0.2) is 6.61 Å². The van der Waals surface area contributed by atoms with E-state index in [1.54, 1.807) is 39.3 Å². The monoisotopic (exact) mass is 484 g/mol. The van der Waals surface area contributed by atoms with Crippen molar-refractivity contribution in [1.82, 2.24) is 5.43 Å². The number of ether oxygens (including phenoxy) is 3. The number of methoxy groups -OCH3 is 2. The summed E-state index contributed by atoms with van der Waals surface area (Å²) in [6.45, 7) is 1.62. The van der Waals surface area contributed by atoms with Crippen LogP contribution in [0.4, 0.5) is 0 Å². The number of rotatable bonds is 7. The topological polar surface area (TPSA) is 69.2 Å². The fourth-order valence-electron chi connectivity index (χ4n) is 2.07. The first-order chi connectivity index (χ1) is 12.4. The molecular formula is C18H18Br2N2O4. The highest BCUT2D eigenvalue weighted by molar-refractivity contribution is 9.11. The normalized spacial score (nSPS) is 11.0. The molecule has 0 aliphatic carbocycles. The van der Waals surface area contributed by atoms with Gasteiger partial charge in [-0.3, -0.25) is 4.79 Å². The van der Waals surface area contributed by atoms with Crippen LogP contribution in [0.1, 0.15) is 12.5 Å². The van der Waals surface area contributed by atoms with Gasteiger partial charge in [0.25, 0.3) is 5.91 Å². The number of carbonyl (C=O) groups excluding carboxylic acids is 1. The predicted molar refractivity (Wildman–Crippen MR) is 107 cm³/mol. The summed E-state index contributed by atoms with van der Waals surface area (Å²) in [6, 6.07) is 10.8. The summed E-state index contributed by atoms with van der Waals surface area (Å²) in [5.74, 6) is 1.48. The molecule has 26 heavy (non-hydrogen) atoms. The van der Waals surface area contributed by atoms with Crippen LogP contribution in [0.15, 0.2) is 50.4 Å². The Labute approximate surface area is 168 Å². The molecule has 0 aliphatic rings. The van der Waals surface area contributed by atoms with E-state index in [4.69, 9.17) is 14.2 Å². The highest BCUT2D eigenvalue weighted by Crippen LogP contribution is 2.28. The lowest BCUT2D eigenvalue weighted by molar-refractivity contribution is -0.123. The van der Waals surface area contributed by atoms with Crippen LogP contribution in [0.5, 0.6) is 17.2 Å². The van der Waals surface area contributed by atoms with Crippen LogP contribution in [-0.2, 0) is 4.79 Å². The van der Waals surface area contributed by atoms with Crippen molar-refractivity contribution in [1.29, 1.82) is 0 Å². The van der Waals surface area contributed by atoms with Crippen LogP contribution in [-0.4, -0.2) is 32.4 Å². The fourth-order valence-corrected chi connectivity index (χ4v) is 3.23. The Kier molecular flexibility index (Phi) is 7.47. The maximum Gasteiger partial charge on any atom is 0.277 e. The molecule has 0 bridgehead atoms. The Morgan fingerprint density at radius 3 is 2.50 bits per heavy atom. The van der Waals surface area contributed by atoms with Crippen LogP contribution >= 0.6 is 31.9 Å². The lowest BCUT2D eigenvalue weighted by atomic mass is 10.1. The summed E-state index contributed by atoms with van der Waals surface area (Å²) >= 11 is 6.74. The van der Waals surface area contributed by atoms with E-state index in [1.165, 1.54) is 0 Å². The summed E-state index contributed by atoms with van der Waals surface area (Å²) in [7, 11) is 3.15. The SMILES string of the molecule is COc1ccc(C(C)=NNC(=O)COc2ccc(Br)cc2Br)c(OC)c1. The molecule has 0 fully saturated rings. The lowest BCUT2D eigenvalue weighted by Crippen LogP contribution is -2.25. The quantitative estimate of drug-likeness (QED) is 0.472. The molecule has 6 nitrogen and oxygen atoms in total. The van der Waals surface area contributed by atoms with Crippen LogP contribution in [0.25, 0.3) is 0 Å². The Morgan fingerprint density at radius 2 is 1.85 bits per heavy atom. The van der Waals surface area contributed by atoms with Crippen LogP contribution < -0.4 is 19.6 Å². The molecule has 2 aromatic carbocycles. The second-order valence-electron chi connectivity index (χ2n) is 5.16. The van der Waals surface area contributed by atoms with Crippen molar-refractivity contribution in [2.45, 2.75) is 6.92 Å². The zero-order valence-electron chi connectivity index (χ0n) is 14.5. The van der Waals surface area contributed by atoms with Crippen molar-refractivity contribution in [2.75, 3.05) is 20.8 Å². The molecule has 1 amide bonds. The smallest absolute Gasteiger partial charge is 0.277 e. The first-order valence-corrected chi connectivity index (χ1v) is 9.16. The van der Waals surface area contributed by atoms with Gasteiger partial charge in [-0.15, -0.1) is 0 Å². The molecule has 0 aromatic heterocycles. The minimum atomic E-state index is -0.369. The van der Waals surface area contributed by atoms with Crippen LogP contribution in [0, 0.1) is 0 Å². The number of nitrogens with one attached hydrogen (secondary N) is 1. The van der Waals surface area contributed by atoms with Gasteiger partial charge >= 0.3 is 0 Å². The van der Waals surface area contributed by atoms with E-state index in [1.807, 2.05) is 18.2 Å². The van der Waals surface area contributed by atoms with Crippen molar-refractivity contribution in [3.63, 3.8) is 0 Å². The van der Waals surface area contributed by atoms with Gasteiger partial charge in [-0.1, -0.05) is 15.9 Å². The Hall–Kier alpha value is -2.06. The number of hydrogen-bond acceptors (Lipinski definition) is 5. The van der Waals surface area contributed by atoms with Gasteiger partial charge in [-0.2, -0.15) is 5.10 Å². The molecule has 138 valence electrons.